The third kappa shape index (κ3) is 6.87. The monoisotopic (exact) mass is 736 g/mol. The quantitative estimate of drug-likeness (QED) is 0.173. The van der Waals surface area contributed by atoms with Gasteiger partial charge in [-0.1, -0.05) is 54.1 Å². The molecule has 0 spiro atoms. The molecule has 268 valence electrons. The standard InChI is InChI=1S/C41H41ClN6O3.ClH/c1-27-36(41(50)48(32-12-6-5-7-13-32)38-22-33(24-43)44(3)28(38)2)23-39(45(27)4)37-21-31(42)14-15-35(37)40(49)47-25-30-11-9-8-10-29(30)20-34(47)26-46-16-18-51-19-17-46;/h5-15,21-23,34H,16-20,25-26H2,1-4H3;1H/t34-;/m0./s1. The second-order valence-corrected chi connectivity index (χ2v) is 13.8. The lowest BCUT2D eigenvalue weighted by Gasteiger charge is -2.40. The molecule has 3 aromatic carbocycles. The molecule has 0 saturated carbocycles. The number of carbonyl (C=O) groups is 2. The molecule has 0 radical (unpaired) electrons. The van der Waals surface area contributed by atoms with Crippen LogP contribution in [-0.4, -0.2) is 69.6 Å². The van der Waals surface area contributed by atoms with Gasteiger partial charge in [-0.3, -0.25) is 19.4 Å². The van der Waals surface area contributed by atoms with Crippen LogP contribution in [-0.2, 0) is 31.8 Å². The molecule has 7 rings (SSSR count). The van der Waals surface area contributed by atoms with Crippen molar-refractivity contribution in [3.05, 3.63) is 129 Å². The van der Waals surface area contributed by atoms with Crippen LogP contribution in [0, 0.1) is 25.2 Å². The van der Waals surface area contributed by atoms with E-state index in [1.807, 2.05) is 92.0 Å². The molecule has 2 amide bonds. The highest BCUT2D eigenvalue weighted by Gasteiger charge is 2.34. The van der Waals surface area contributed by atoms with Gasteiger partial charge in [-0.05, 0) is 73.9 Å². The highest BCUT2D eigenvalue weighted by Crippen LogP contribution is 2.37. The van der Waals surface area contributed by atoms with Crippen molar-refractivity contribution in [1.82, 2.24) is 18.9 Å². The summed E-state index contributed by atoms with van der Waals surface area (Å²) in [6.45, 7) is 8.14. The number of hydrogen-bond donors (Lipinski definition) is 0. The number of ether oxygens (including phenoxy) is 1. The Labute approximate surface area is 316 Å². The van der Waals surface area contributed by atoms with Crippen molar-refractivity contribution in [2.24, 2.45) is 14.1 Å². The number of rotatable bonds is 7. The Balaban J connectivity index is 0.00000464. The van der Waals surface area contributed by atoms with Gasteiger partial charge in [0, 0.05) is 85.2 Å². The summed E-state index contributed by atoms with van der Waals surface area (Å²) in [7, 11) is 3.73. The predicted molar refractivity (Wildman–Crippen MR) is 207 cm³/mol. The molecule has 1 fully saturated rings. The van der Waals surface area contributed by atoms with E-state index in [0.717, 1.165) is 43.0 Å². The molecular weight excluding hydrogens is 695 g/mol. The topological polar surface area (TPSA) is 86.7 Å². The van der Waals surface area contributed by atoms with E-state index in [1.165, 1.54) is 5.56 Å². The minimum Gasteiger partial charge on any atom is -0.379 e. The van der Waals surface area contributed by atoms with Gasteiger partial charge in [0.15, 0.2) is 0 Å². The van der Waals surface area contributed by atoms with E-state index in [2.05, 4.69) is 29.2 Å². The van der Waals surface area contributed by atoms with Crippen LogP contribution in [0.4, 0.5) is 11.4 Å². The summed E-state index contributed by atoms with van der Waals surface area (Å²) in [5.74, 6) is -0.317. The van der Waals surface area contributed by atoms with Crippen LogP contribution < -0.4 is 4.90 Å². The van der Waals surface area contributed by atoms with E-state index in [-0.39, 0.29) is 30.3 Å². The van der Waals surface area contributed by atoms with E-state index in [0.29, 0.717) is 64.2 Å². The Morgan fingerprint density at radius 3 is 2.27 bits per heavy atom. The van der Waals surface area contributed by atoms with Crippen LogP contribution in [0.25, 0.3) is 11.3 Å². The van der Waals surface area contributed by atoms with Crippen LogP contribution in [0.3, 0.4) is 0 Å². The first-order valence-corrected chi connectivity index (χ1v) is 17.6. The van der Waals surface area contributed by atoms with Crippen LogP contribution in [0.2, 0.25) is 5.02 Å². The number of nitrogens with zero attached hydrogens (tertiary/aromatic N) is 6. The molecule has 0 N–H and O–H groups in total. The average Bonchev–Trinajstić information content (AvgIpc) is 3.61. The zero-order chi connectivity index (χ0) is 35.8. The zero-order valence-electron chi connectivity index (χ0n) is 29.8. The van der Waals surface area contributed by atoms with Crippen molar-refractivity contribution in [3.8, 4) is 17.3 Å². The first kappa shape index (κ1) is 36.9. The second-order valence-electron chi connectivity index (χ2n) is 13.4. The number of benzene rings is 3. The van der Waals surface area contributed by atoms with E-state index in [1.54, 1.807) is 21.6 Å². The summed E-state index contributed by atoms with van der Waals surface area (Å²) in [6.07, 6.45) is 0.770. The number of hydrogen-bond acceptors (Lipinski definition) is 5. The summed E-state index contributed by atoms with van der Waals surface area (Å²) in [5, 5.41) is 10.3. The normalized spacial score (nSPS) is 15.8. The molecule has 4 heterocycles. The number of fused-ring (bicyclic) bond motifs is 1. The fraction of sp³-hybridized carbons (Fsp3) is 0.293. The van der Waals surface area contributed by atoms with Gasteiger partial charge in [0.1, 0.15) is 11.8 Å². The molecule has 11 heteroatoms. The summed E-state index contributed by atoms with van der Waals surface area (Å²) < 4.78 is 9.35. The number of nitriles is 1. The van der Waals surface area contributed by atoms with Crippen LogP contribution >= 0.6 is 24.0 Å². The third-order valence-electron chi connectivity index (χ3n) is 10.5. The number of para-hydroxylation sites is 1. The molecule has 1 atom stereocenters. The summed E-state index contributed by atoms with van der Waals surface area (Å²) in [5.41, 5.74) is 8.10. The number of aromatic nitrogens is 2. The maximum Gasteiger partial charge on any atom is 0.264 e. The van der Waals surface area contributed by atoms with E-state index in [9.17, 15) is 14.9 Å². The Morgan fingerprint density at radius 1 is 0.885 bits per heavy atom. The molecule has 0 bridgehead atoms. The molecule has 2 aliphatic heterocycles. The third-order valence-corrected chi connectivity index (χ3v) is 10.8. The minimum atomic E-state index is -0.244. The molecule has 2 aromatic heterocycles. The van der Waals surface area contributed by atoms with Gasteiger partial charge in [-0.25, -0.2) is 0 Å². The van der Waals surface area contributed by atoms with Crippen molar-refractivity contribution in [2.45, 2.75) is 32.9 Å². The highest BCUT2D eigenvalue weighted by molar-refractivity contribution is 6.31. The first-order valence-electron chi connectivity index (χ1n) is 17.3. The molecule has 0 unspecified atom stereocenters. The maximum absolute atomic E-state index is 14.8. The van der Waals surface area contributed by atoms with E-state index < -0.39 is 0 Å². The number of carbonyl (C=O) groups excluding carboxylic acids is 2. The predicted octanol–water partition coefficient (Wildman–Crippen LogP) is 7.47. The Kier molecular flexibility index (Phi) is 10.9. The lowest BCUT2D eigenvalue weighted by atomic mass is 9.92. The van der Waals surface area contributed by atoms with Gasteiger partial charge in [0.05, 0.1) is 24.5 Å². The molecular formula is C41H42Cl2N6O3. The van der Waals surface area contributed by atoms with Crippen molar-refractivity contribution in [3.63, 3.8) is 0 Å². The van der Waals surface area contributed by atoms with Crippen molar-refractivity contribution < 1.29 is 14.3 Å². The van der Waals surface area contributed by atoms with E-state index >= 15 is 0 Å². The smallest absolute Gasteiger partial charge is 0.264 e. The second kappa shape index (κ2) is 15.4. The Morgan fingerprint density at radius 2 is 1.58 bits per heavy atom. The molecule has 1 saturated heterocycles. The average molecular weight is 738 g/mol. The number of morpholine rings is 1. The van der Waals surface area contributed by atoms with Crippen LogP contribution in [0.5, 0.6) is 0 Å². The summed E-state index contributed by atoms with van der Waals surface area (Å²) in [4.78, 5) is 35.6. The zero-order valence-corrected chi connectivity index (χ0v) is 31.4. The van der Waals surface area contributed by atoms with Gasteiger partial charge in [-0.15, -0.1) is 12.4 Å². The lowest BCUT2D eigenvalue weighted by Crippen LogP contribution is -2.52. The van der Waals surface area contributed by atoms with Gasteiger partial charge < -0.3 is 18.8 Å². The van der Waals surface area contributed by atoms with Crippen LogP contribution in [0.15, 0.2) is 84.9 Å². The van der Waals surface area contributed by atoms with Crippen molar-refractivity contribution in [2.75, 3.05) is 37.7 Å². The number of amides is 2. The van der Waals surface area contributed by atoms with E-state index in [4.69, 9.17) is 16.3 Å². The Hall–Kier alpha value is -4.85. The van der Waals surface area contributed by atoms with Crippen LogP contribution in [0.1, 0.15) is 48.9 Å². The van der Waals surface area contributed by atoms with Gasteiger partial charge >= 0.3 is 0 Å². The van der Waals surface area contributed by atoms with Crippen molar-refractivity contribution in [1.29, 1.82) is 5.26 Å². The summed E-state index contributed by atoms with van der Waals surface area (Å²) in [6, 6.07) is 29.0. The Bertz CT molecular complexity index is 2160. The van der Waals surface area contributed by atoms with Gasteiger partial charge in [0.2, 0.25) is 0 Å². The van der Waals surface area contributed by atoms with Gasteiger partial charge in [-0.2, -0.15) is 5.26 Å². The molecule has 5 aromatic rings. The molecule has 9 nitrogen and oxygen atoms in total. The number of halogens is 2. The van der Waals surface area contributed by atoms with Crippen molar-refractivity contribution >= 4 is 47.2 Å². The largest absolute Gasteiger partial charge is 0.379 e. The number of anilines is 2. The SMILES string of the molecule is Cc1c(N(C(=O)c2cc(-c3cc(Cl)ccc3C(=O)N3Cc4ccccc4C[C@H]3CN3CCOCC3)n(C)c2C)c2ccccc2)cc(C#N)n1C.Cl. The minimum absolute atomic E-state index is 0. The molecule has 0 aliphatic carbocycles. The molecule has 2 aliphatic rings. The lowest BCUT2D eigenvalue weighted by molar-refractivity contribution is 0.0193. The fourth-order valence-electron chi connectivity index (χ4n) is 7.39. The van der Waals surface area contributed by atoms with Gasteiger partial charge in [0.25, 0.3) is 11.8 Å². The summed E-state index contributed by atoms with van der Waals surface area (Å²) >= 11 is 6.65. The fourth-order valence-corrected chi connectivity index (χ4v) is 7.57. The molecule has 52 heavy (non-hydrogen) atoms. The first-order chi connectivity index (χ1) is 24.7. The highest BCUT2D eigenvalue weighted by atomic mass is 35.5. The maximum atomic E-state index is 14.8.